The van der Waals surface area contributed by atoms with Gasteiger partial charge in [-0.2, -0.15) is 0 Å². The van der Waals surface area contributed by atoms with Gasteiger partial charge in [0.15, 0.2) is 0 Å². The molecule has 0 unspecified atom stereocenters. The maximum Gasteiger partial charge on any atom is 0.328 e. The van der Waals surface area contributed by atoms with Crippen LogP contribution in [0.25, 0.3) is 0 Å². The topological polar surface area (TPSA) is 64.6 Å². The van der Waals surface area contributed by atoms with Crippen molar-refractivity contribution < 1.29 is 19.1 Å². The van der Waals surface area contributed by atoms with Crippen molar-refractivity contribution in [3.05, 3.63) is 33.3 Å². The number of benzene rings is 1. The molecule has 0 aliphatic carbocycles. The van der Waals surface area contributed by atoms with Crippen molar-refractivity contribution in [3.8, 4) is 0 Å². The number of ether oxygens (including phenoxy) is 2. The van der Waals surface area contributed by atoms with Gasteiger partial charge in [0, 0.05) is 22.5 Å². The summed E-state index contributed by atoms with van der Waals surface area (Å²) in [5.74, 6) is -0.889. The van der Waals surface area contributed by atoms with Gasteiger partial charge in [-0.25, -0.2) is 4.79 Å². The Morgan fingerprint density at radius 2 is 2.32 bits per heavy atom. The van der Waals surface area contributed by atoms with Crippen molar-refractivity contribution in [2.24, 2.45) is 5.92 Å². The highest BCUT2D eigenvalue weighted by Crippen LogP contribution is 2.23. The fourth-order valence-electron chi connectivity index (χ4n) is 2.29. The molecule has 1 heterocycles. The molecule has 0 bridgehead atoms. The number of amides is 1. The molecule has 0 radical (unpaired) electrons. The summed E-state index contributed by atoms with van der Waals surface area (Å²) in [7, 11) is 1.30. The zero-order valence-corrected chi connectivity index (χ0v) is 14.4. The van der Waals surface area contributed by atoms with Crippen LogP contribution in [0.4, 0.5) is 0 Å². The molecule has 1 N–H and O–H groups in total. The second-order valence-corrected chi connectivity index (χ2v) is 6.38. The predicted octanol–water partition coefficient (Wildman–Crippen LogP) is 2.34. The molecule has 1 amide bonds. The Morgan fingerprint density at radius 3 is 2.95 bits per heavy atom. The fourth-order valence-corrected chi connectivity index (χ4v) is 2.89. The summed E-state index contributed by atoms with van der Waals surface area (Å²) in [4.78, 5) is 24.1. The molecule has 2 rings (SSSR count). The van der Waals surface area contributed by atoms with E-state index in [0.717, 1.165) is 10.0 Å². The molecular formula is C15H17BrClNO4. The van der Waals surface area contributed by atoms with Crippen LogP contribution in [0.2, 0.25) is 5.02 Å². The lowest BCUT2D eigenvalue weighted by Gasteiger charge is -2.19. The summed E-state index contributed by atoms with van der Waals surface area (Å²) in [6.07, 6.45) is 0.966. The highest BCUT2D eigenvalue weighted by Gasteiger charge is 2.29. The normalized spacial score (nSPS) is 18.8. The molecular weight excluding hydrogens is 374 g/mol. The third-order valence-electron chi connectivity index (χ3n) is 3.53. The van der Waals surface area contributed by atoms with Crippen molar-refractivity contribution in [2.75, 3.05) is 20.3 Å². The van der Waals surface area contributed by atoms with E-state index in [0.29, 0.717) is 31.1 Å². The second-order valence-electron chi connectivity index (χ2n) is 5.08. The number of esters is 1. The van der Waals surface area contributed by atoms with Crippen molar-refractivity contribution in [2.45, 2.75) is 18.9 Å². The van der Waals surface area contributed by atoms with Gasteiger partial charge >= 0.3 is 5.97 Å². The van der Waals surface area contributed by atoms with Gasteiger partial charge in [-0.05, 0) is 30.2 Å². The summed E-state index contributed by atoms with van der Waals surface area (Å²) in [5.41, 5.74) is 0.825. The first-order valence-corrected chi connectivity index (χ1v) is 8.08. The van der Waals surface area contributed by atoms with Crippen molar-refractivity contribution in [1.29, 1.82) is 0 Å². The van der Waals surface area contributed by atoms with Gasteiger partial charge in [0.1, 0.15) is 6.04 Å². The molecule has 22 heavy (non-hydrogen) atoms. The SMILES string of the molecule is COC(=O)[C@H](Cc1cc(Cl)ccc1Br)NC(=O)[C@H]1CCOC1. The molecule has 120 valence electrons. The van der Waals surface area contributed by atoms with E-state index in [1.807, 2.05) is 0 Å². The first kappa shape index (κ1) is 17.2. The Hall–Kier alpha value is -1.11. The lowest BCUT2D eigenvalue weighted by Crippen LogP contribution is -2.45. The molecule has 1 aliphatic heterocycles. The molecule has 1 aromatic rings. The number of carbonyl (C=O) groups excluding carboxylic acids is 2. The molecule has 2 atom stereocenters. The Morgan fingerprint density at radius 1 is 1.55 bits per heavy atom. The Bertz CT molecular complexity index is 560. The lowest BCUT2D eigenvalue weighted by atomic mass is 10.0. The number of nitrogens with one attached hydrogen (secondary N) is 1. The van der Waals surface area contributed by atoms with Crippen LogP contribution in [-0.2, 0) is 25.5 Å². The van der Waals surface area contributed by atoms with E-state index < -0.39 is 12.0 Å². The average molecular weight is 391 g/mol. The Balaban J connectivity index is 2.10. The van der Waals surface area contributed by atoms with Crippen LogP contribution in [0.5, 0.6) is 0 Å². The monoisotopic (exact) mass is 389 g/mol. The van der Waals surface area contributed by atoms with Crippen LogP contribution < -0.4 is 5.32 Å². The van der Waals surface area contributed by atoms with Crippen LogP contribution in [0.15, 0.2) is 22.7 Å². The van der Waals surface area contributed by atoms with Crippen LogP contribution in [-0.4, -0.2) is 38.2 Å². The molecule has 5 nitrogen and oxygen atoms in total. The van der Waals surface area contributed by atoms with Gasteiger partial charge in [-0.1, -0.05) is 27.5 Å². The molecule has 1 aliphatic rings. The number of hydrogen-bond acceptors (Lipinski definition) is 4. The minimum Gasteiger partial charge on any atom is -0.467 e. The van der Waals surface area contributed by atoms with Gasteiger partial charge in [0.25, 0.3) is 0 Å². The molecule has 0 saturated carbocycles. The summed E-state index contributed by atoms with van der Waals surface area (Å²) in [6, 6.07) is 4.55. The predicted molar refractivity (Wildman–Crippen MR) is 85.7 cm³/mol. The third-order valence-corrected chi connectivity index (χ3v) is 4.54. The largest absolute Gasteiger partial charge is 0.467 e. The van der Waals surface area contributed by atoms with Crippen LogP contribution in [0.1, 0.15) is 12.0 Å². The number of halogens is 2. The Labute approximate surface area is 142 Å². The number of carbonyl (C=O) groups is 2. The van der Waals surface area contributed by atoms with Gasteiger partial charge < -0.3 is 14.8 Å². The van der Waals surface area contributed by atoms with Gasteiger partial charge in [0.2, 0.25) is 5.91 Å². The van der Waals surface area contributed by atoms with E-state index in [1.54, 1.807) is 18.2 Å². The zero-order valence-electron chi connectivity index (χ0n) is 12.1. The first-order valence-electron chi connectivity index (χ1n) is 6.91. The number of rotatable bonds is 5. The minimum absolute atomic E-state index is 0.189. The highest BCUT2D eigenvalue weighted by atomic mass is 79.9. The summed E-state index contributed by atoms with van der Waals surface area (Å²) in [6.45, 7) is 0.960. The van der Waals surface area contributed by atoms with E-state index in [-0.39, 0.29) is 11.8 Å². The molecule has 1 saturated heterocycles. The quantitative estimate of drug-likeness (QED) is 0.784. The van der Waals surface area contributed by atoms with Crippen molar-refractivity contribution >= 4 is 39.4 Å². The average Bonchev–Trinajstić information content (AvgIpc) is 3.03. The zero-order chi connectivity index (χ0) is 16.1. The maximum absolute atomic E-state index is 12.2. The molecule has 1 fully saturated rings. The second kappa shape index (κ2) is 7.94. The first-order chi connectivity index (χ1) is 10.5. The highest BCUT2D eigenvalue weighted by molar-refractivity contribution is 9.10. The molecule has 0 aromatic heterocycles. The number of hydrogen-bond donors (Lipinski definition) is 1. The number of methoxy groups -OCH3 is 1. The molecule has 0 spiro atoms. The smallest absolute Gasteiger partial charge is 0.328 e. The lowest BCUT2D eigenvalue weighted by molar-refractivity contribution is -0.145. The van der Waals surface area contributed by atoms with Crippen LogP contribution in [0, 0.1) is 5.92 Å². The van der Waals surface area contributed by atoms with Gasteiger partial charge in [-0.3, -0.25) is 4.79 Å². The summed E-state index contributed by atoms with van der Waals surface area (Å²) >= 11 is 9.40. The summed E-state index contributed by atoms with van der Waals surface area (Å²) < 4.78 is 10.8. The van der Waals surface area contributed by atoms with Crippen LogP contribution in [0.3, 0.4) is 0 Å². The van der Waals surface area contributed by atoms with Gasteiger partial charge in [-0.15, -0.1) is 0 Å². The van der Waals surface area contributed by atoms with E-state index in [4.69, 9.17) is 21.1 Å². The molecule has 1 aromatic carbocycles. The van der Waals surface area contributed by atoms with E-state index in [2.05, 4.69) is 21.2 Å². The van der Waals surface area contributed by atoms with E-state index >= 15 is 0 Å². The van der Waals surface area contributed by atoms with E-state index in [1.165, 1.54) is 7.11 Å². The van der Waals surface area contributed by atoms with Crippen molar-refractivity contribution in [3.63, 3.8) is 0 Å². The van der Waals surface area contributed by atoms with Crippen molar-refractivity contribution in [1.82, 2.24) is 5.32 Å². The molecule has 7 heteroatoms. The maximum atomic E-state index is 12.2. The van der Waals surface area contributed by atoms with Crippen LogP contribution >= 0.6 is 27.5 Å². The van der Waals surface area contributed by atoms with E-state index in [9.17, 15) is 9.59 Å². The standard InChI is InChI=1S/C15H17BrClNO4/c1-21-15(20)13(18-14(19)9-4-5-22-8-9)7-10-6-11(17)2-3-12(10)16/h2-3,6,9,13H,4-5,7-8H2,1H3,(H,18,19)/t9-,13-/m0/s1. The summed E-state index contributed by atoms with van der Waals surface area (Å²) in [5, 5.41) is 3.31. The minimum atomic E-state index is -0.757. The fraction of sp³-hybridized carbons (Fsp3) is 0.467. The van der Waals surface area contributed by atoms with Gasteiger partial charge in [0.05, 0.1) is 19.6 Å². The Kier molecular flexibility index (Phi) is 6.23. The third kappa shape index (κ3) is 4.44.